The molecule has 2 aliphatic heterocycles. The van der Waals surface area contributed by atoms with Gasteiger partial charge in [-0.3, -0.25) is 14.9 Å². The van der Waals surface area contributed by atoms with Crippen LogP contribution in [0, 0.1) is 15.5 Å². The third kappa shape index (κ3) is 5.75. The van der Waals surface area contributed by atoms with Gasteiger partial charge in [0.15, 0.2) is 5.60 Å². The number of hydrogen-bond donors (Lipinski definition) is 3. The van der Waals surface area contributed by atoms with Crippen molar-refractivity contribution in [3.05, 3.63) is 146 Å². The molecule has 3 atom stereocenters. The number of nitrogens with two attached hydrogens (primary N) is 1. The number of para-hydroxylation sites is 1. The SMILES string of the molecule is CC1(C)[C@@H]2c3cc(OCCOc4ccc(C[C@H](N)C(=O)O)cc4)ccc3NCC1(c1cccc3ccc([N+](=O)[O-])cc13)Oc1c2c(=O)oc2ccccc12. The van der Waals surface area contributed by atoms with E-state index in [0.29, 0.717) is 39.2 Å². The largest absolute Gasteiger partial charge is 0.490 e. The summed E-state index contributed by atoms with van der Waals surface area (Å²) in [5.74, 6) is -0.0286. The molecule has 6 aromatic rings. The number of aliphatic carboxylic acids is 1. The first-order valence-electron chi connectivity index (χ1n) is 17.6. The van der Waals surface area contributed by atoms with Gasteiger partial charge in [-0.25, -0.2) is 4.79 Å². The minimum Gasteiger partial charge on any atom is -0.490 e. The van der Waals surface area contributed by atoms with E-state index in [9.17, 15) is 19.7 Å². The highest BCUT2D eigenvalue weighted by atomic mass is 16.6. The van der Waals surface area contributed by atoms with Crippen molar-refractivity contribution in [2.45, 2.75) is 37.8 Å². The van der Waals surface area contributed by atoms with E-state index in [2.05, 4.69) is 19.2 Å². The second kappa shape index (κ2) is 13.2. The van der Waals surface area contributed by atoms with Crippen LogP contribution in [0.1, 0.15) is 42.0 Å². The van der Waals surface area contributed by atoms with Crippen molar-refractivity contribution < 1.29 is 33.5 Å². The molecule has 8 rings (SSSR count). The normalized spacial score (nSPS) is 18.7. The van der Waals surface area contributed by atoms with Gasteiger partial charge in [0.1, 0.15) is 42.1 Å². The van der Waals surface area contributed by atoms with Crippen LogP contribution in [0.4, 0.5) is 11.4 Å². The Morgan fingerprint density at radius 1 is 0.963 bits per heavy atom. The van der Waals surface area contributed by atoms with Crippen molar-refractivity contribution >= 4 is 39.1 Å². The Morgan fingerprint density at radius 2 is 1.70 bits per heavy atom. The van der Waals surface area contributed by atoms with Crippen LogP contribution in [0.25, 0.3) is 21.7 Å². The zero-order chi connectivity index (χ0) is 37.8. The highest BCUT2D eigenvalue weighted by Crippen LogP contribution is 2.63. The molecule has 2 aliphatic rings. The minimum atomic E-state index is -1.13. The van der Waals surface area contributed by atoms with Crippen LogP contribution in [0.2, 0.25) is 0 Å². The van der Waals surface area contributed by atoms with Gasteiger partial charge in [-0.15, -0.1) is 0 Å². The van der Waals surface area contributed by atoms with Gasteiger partial charge < -0.3 is 34.8 Å². The van der Waals surface area contributed by atoms with E-state index in [1.807, 2.05) is 48.5 Å². The molecule has 0 radical (unpaired) electrons. The van der Waals surface area contributed by atoms with E-state index in [1.165, 1.54) is 6.07 Å². The van der Waals surface area contributed by atoms with Crippen LogP contribution >= 0.6 is 0 Å². The van der Waals surface area contributed by atoms with Crippen LogP contribution in [-0.4, -0.2) is 41.8 Å². The van der Waals surface area contributed by atoms with Crippen LogP contribution in [-0.2, 0) is 16.8 Å². The number of non-ortho nitro benzene ring substituents is 1. The third-order valence-electron chi connectivity index (χ3n) is 10.8. The summed E-state index contributed by atoms with van der Waals surface area (Å²) >= 11 is 0. The van der Waals surface area contributed by atoms with E-state index in [0.717, 1.165) is 27.8 Å². The second-order valence-corrected chi connectivity index (χ2v) is 14.3. The summed E-state index contributed by atoms with van der Waals surface area (Å²) in [7, 11) is 0. The molecule has 1 aromatic heterocycles. The molecular weight excluding hydrogens is 690 g/mol. The first kappa shape index (κ1) is 34.7. The predicted octanol–water partition coefficient (Wildman–Crippen LogP) is 7.14. The number of benzene rings is 5. The topological polar surface area (TPSA) is 176 Å². The van der Waals surface area contributed by atoms with Crippen LogP contribution in [0.3, 0.4) is 0 Å². The molecule has 12 heteroatoms. The van der Waals surface area contributed by atoms with Gasteiger partial charge in [-0.1, -0.05) is 56.3 Å². The van der Waals surface area contributed by atoms with Gasteiger partial charge in [0.05, 0.1) is 22.4 Å². The van der Waals surface area contributed by atoms with Gasteiger partial charge in [0.2, 0.25) is 0 Å². The Balaban J connectivity index is 1.17. The van der Waals surface area contributed by atoms with Crippen molar-refractivity contribution in [2.24, 2.45) is 11.1 Å². The molecular formula is C42H37N3O9. The van der Waals surface area contributed by atoms with Gasteiger partial charge in [0, 0.05) is 34.7 Å². The van der Waals surface area contributed by atoms with E-state index in [1.54, 1.807) is 48.5 Å². The maximum absolute atomic E-state index is 14.1. The molecule has 0 amide bonds. The van der Waals surface area contributed by atoms with E-state index in [-0.39, 0.29) is 31.9 Å². The number of ether oxygens (including phenoxy) is 3. The fraction of sp³-hybridized carbons (Fsp3) is 0.238. The zero-order valence-electron chi connectivity index (χ0n) is 29.5. The van der Waals surface area contributed by atoms with Crippen LogP contribution < -0.4 is 30.9 Å². The quantitative estimate of drug-likeness (QED) is 0.0566. The number of hydrogen-bond acceptors (Lipinski definition) is 10. The molecule has 0 spiro atoms. The number of carbonyl (C=O) groups is 1. The number of nitrogens with one attached hydrogen (secondary N) is 1. The number of fused-ring (bicyclic) bond motifs is 9. The summed E-state index contributed by atoms with van der Waals surface area (Å²) in [5.41, 5.74) is 7.08. The molecule has 0 fully saturated rings. The molecule has 54 heavy (non-hydrogen) atoms. The fourth-order valence-electron chi connectivity index (χ4n) is 8.06. The summed E-state index contributed by atoms with van der Waals surface area (Å²) in [5, 5.41) is 26.8. The Bertz CT molecular complexity index is 2510. The van der Waals surface area contributed by atoms with Crippen molar-refractivity contribution in [1.82, 2.24) is 0 Å². The lowest BCUT2D eigenvalue weighted by Gasteiger charge is -2.53. The summed E-state index contributed by atoms with van der Waals surface area (Å²) in [6.45, 7) is 4.86. The molecule has 0 saturated heterocycles. The molecule has 1 unspecified atom stereocenters. The maximum Gasteiger partial charge on any atom is 0.343 e. The zero-order valence-corrected chi connectivity index (χ0v) is 29.5. The first-order valence-corrected chi connectivity index (χ1v) is 17.6. The lowest BCUT2D eigenvalue weighted by molar-refractivity contribution is -0.384. The first-order chi connectivity index (χ1) is 26.0. The monoisotopic (exact) mass is 727 g/mol. The number of carboxylic acids is 1. The van der Waals surface area contributed by atoms with Gasteiger partial charge in [-0.2, -0.15) is 0 Å². The van der Waals surface area contributed by atoms with Crippen molar-refractivity contribution in [1.29, 1.82) is 0 Å². The maximum atomic E-state index is 14.1. The molecule has 2 bridgehead atoms. The highest BCUT2D eigenvalue weighted by Gasteiger charge is 2.61. The van der Waals surface area contributed by atoms with Gasteiger partial charge >= 0.3 is 11.6 Å². The molecule has 0 saturated carbocycles. The number of carboxylic acid groups (broad SMARTS) is 1. The predicted molar refractivity (Wildman–Crippen MR) is 203 cm³/mol. The molecule has 12 nitrogen and oxygen atoms in total. The van der Waals surface area contributed by atoms with E-state index in [4.69, 9.17) is 29.5 Å². The highest BCUT2D eigenvalue weighted by molar-refractivity contribution is 5.90. The lowest BCUT2D eigenvalue weighted by Crippen LogP contribution is -2.56. The third-order valence-corrected chi connectivity index (χ3v) is 10.8. The van der Waals surface area contributed by atoms with Gasteiger partial charge in [-0.05, 0) is 76.9 Å². The Morgan fingerprint density at radius 3 is 2.46 bits per heavy atom. The summed E-state index contributed by atoms with van der Waals surface area (Å²) in [6.07, 6.45) is 0.212. The Hall–Kier alpha value is -6.40. The second-order valence-electron chi connectivity index (χ2n) is 14.3. The molecule has 3 heterocycles. The molecule has 5 aromatic carbocycles. The molecule has 274 valence electrons. The Labute approximate surface area is 309 Å². The van der Waals surface area contributed by atoms with E-state index < -0.39 is 39.5 Å². The standard InChI is InChI=1S/C42H37N3O9/c1-41(2)37-31-22-28(52-19-18-51-27-14-10-24(11-15-27)20-33(43)39(46)47)16-17-34(31)44-23-42(41,32-8-5-6-25-12-13-26(45(49)50)21-30(25)32)54-38-29-7-3-4-9-35(29)53-40(48)36(37)38/h3-17,21-22,33,37,44H,18-20,23,43H2,1-2H3,(H,46,47)/t33-,37+,42?/m0/s1. The number of nitro groups is 1. The number of nitro benzene ring substituents is 1. The smallest absolute Gasteiger partial charge is 0.343 e. The fourth-order valence-corrected chi connectivity index (χ4v) is 8.06. The average Bonchev–Trinajstić information content (AvgIpc) is 3.20. The number of rotatable bonds is 10. The van der Waals surface area contributed by atoms with Crippen molar-refractivity contribution in [2.75, 3.05) is 25.1 Å². The van der Waals surface area contributed by atoms with Crippen LogP contribution in [0.15, 0.2) is 112 Å². The summed E-state index contributed by atoms with van der Waals surface area (Å²) < 4.78 is 25.2. The Kier molecular flexibility index (Phi) is 8.49. The summed E-state index contributed by atoms with van der Waals surface area (Å²) in [6, 6.07) is 29.7. The average molecular weight is 728 g/mol. The molecule has 4 N–H and O–H groups in total. The van der Waals surface area contributed by atoms with Gasteiger partial charge in [0.25, 0.3) is 5.69 Å². The van der Waals surface area contributed by atoms with Crippen LogP contribution in [0.5, 0.6) is 17.2 Å². The van der Waals surface area contributed by atoms with Crippen molar-refractivity contribution in [3.8, 4) is 17.2 Å². The van der Waals surface area contributed by atoms with Crippen molar-refractivity contribution in [3.63, 3.8) is 0 Å². The molecule has 0 aliphatic carbocycles. The minimum absolute atomic E-state index is 0.0314. The summed E-state index contributed by atoms with van der Waals surface area (Å²) in [4.78, 5) is 36.7. The number of anilines is 1. The number of nitrogens with zero attached hydrogens (tertiary/aromatic N) is 1. The van der Waals surface area contributed by atoms with E-state index >= 15 is 0 Å². The lowest BCUT2D eigenvalue weighted by atomic mass is 9.58.